The van der Waals surface area contributed by atoms with Gasteiger partial charge in [0.25, 0.3) is 0 Å². The Labute approximate surface area is 170 Å². The Balaban J connectivity index is 1.41. The number of fused-ring (bicyclic) bond motifs is 2. The van der Waals surface area contributed by atoms with Crippen LogP contribution in [-0.2, 0) is 35.1 Å². The highest BCUT2D eigenvalue weighted by atomic mass is 16.7. The summed E-state index contributed by atoms with van der Waals surface area (Å²) in [6, 6.07) is 9.66. The number of ether oxygens (including phenoxy) is 4. The molecular formula is C23H26O6. The minimum absolute atomic E-state index is 0.0369. The zero-order valence-corrected chi connectivity index (χ0v) is 16.5. The van der Waals surface area contributed by atoms with Crippen molar-refractivity contribution in [1.29, 1.82) is 0 Å². The third kappa shape index (κ3) is 3.28. The van der Waals surface area contributed by atoms with Gasteiger partial charge in [-0.15, -0.1) is 0 Å². The Hall–Kier alpha value is -2.18. The molecule has 0 amide bonds. The fourth-order valence-corrected chi connectivity index (χ4v) is 5.56. The normalized spacial score (nSPS) is 34.9. The number of rotatable bonds is 3. The molecule has 0 aromatic heterocycles. The van der Waals surface area contributed by atoms with Crippen molar-refractivity contribution in [3.8, 4) is 0 Å². The molecule has 1 aromatic carbocycles. The highest BCUT2D eigenvalue weighted by Crippen LogP contribution is 2.53. The molecule has 154 valence electrons. The molecule has 29 heavy (non-hydrogen) atoms. The summed E-state index contributed by atoms with van der Waals surface area (Å²) in [5.74, 6) is -2.02. The van der Waals surface area contributed by atoms with Crippen LogP contribution in [0.5, 0.6) is 0 Å². The Kier molecular flexibility index (Phi) is 4.71. The van der Waals surface area contributed by atoms with Crippen LogP contribution in [0.1, 0.15) is 31.7 Å². The summed E-state index contributed by atoms with van der Waals surface area (Å²) in [7, 11) is 0. The standard InChI is InChI=1S/C23H26O6/c1-14-19-18(21(24)29-14)11-16-12-23(27-9-10-28-23)8-7-17(16)20(19)22(25)26-13-15-5-3-2-4-6-15/h2-6,11,14,17-20H,7-10,12-13H2,1H3/t14-,17-,18+,19-,20+/m1/s1. The molecule has 0 unspecified atom stereocenters. The van der Waals surface area contributed by atoms with Crippen LogP contribution in [0.15, 0.2) is 42.0 Å². The van der Waals surface area contributed by atoms with Crippen LogP contribution in [0.3, 0.4) is 0 Å². The summed E-state index contributed by atoms with van der Waals surface area (Å²) >= 11 is 0. The summed E-state index contributed by atoms with van der Waals surface area (Å²) in [4.78, 5) is 25.7. The Bertz CT molecular complexity index is 825. The molecule has 2 aliphatic heterocycles. The van der Waals surface area contributed by atoms with Crippen molar-refractivity contribution in [1.82, 2.24) is 0 Å². The van der Waals surface area contributed by atoms with Gasteiger partial charge in [-0.05, 0) is 24.8 Å². The first-order valence-corrected chi connectivity index (χ1v) is 10.5. The first kappa shape index (κ1) is 18.8. The Morgan fingerprint density at radius 1 is 1.21 bits per heavy atom. The van der Waals surface area contributed by atoms with E-state index < -0.39 is 11.7 Å². The van der Waals surface area contributed by atoms with E-state index in [9.17, 15) is 9.59 Å². The van der Waals surface area contributed by atoms with Gasteiger partial charge >= 0.3 is 11.9 Å². The van der Waals surface area contributed by atoms with Crippen molar-refractivity contribution in [3.05, 3.63) is 47.5 Å². The quantitative estimate of drug-likeness (QED) is 0.576. The smallest absolute Gasteiger partial charge is 0.313 e. The van der Waals surface area contributed by atoms with Gasteiger partial charge < -0.3 is 18.9 Å². The van der Waals surface area contributed by atoms with Gasteiger partial charge in [-0.2, -0.15) is 0 Å². The van der Waals surface area contributed by atoms with E-state index in [0.717, 1.165) is 24.0 Å². The lowest BCUT2D eigenvalue weighted by atomic mass is 9.61. The molecule has 2 saturated heterocycles. The van der Waals surface area contributed by atoms with Crippen molar-refractivity contribution in [2.24, 2.45) is 23.7 Å². The first-order valence-electron chi connectivity index (χ1n) is 10.5. The molecule has 6 heteroatoms. The number of cyclic esters (lactones) is 1. The van der Waals surface area contributed by atoms with Gasteiger partial charge in [-0.25, -0.2) is 0 Å². The van der Waals surface area contributed by atoms with E-state index in [4.69, 9.17) is 18.9 Å². The zero-order chi connectivity index (χ0) is 20.0. The SMILES string of the molecule is C[C@H]1OC(=O)[C@H]2C=C3CC4(CC[C@H]3[C@H](C(=O)OCc3ccccc3)[C@@H]21)OCCO4. The number of carbonyl (C=O) groups excluding carboxylic acids is 2. The molecule has 0 radical (unpaired) electrons. The van der Waals surface area contributed by atoms with Crippen molar-refractivity contribution < 1.29 is 28.5 Å². The zero-order valence-electron chi connectivity index (χ0n) is 16.5. The topological polar surface area (TPSA) is 71.1 Å². The summed E-state index contributed by atoms with van der Waals surface area (Å²) in [6.45, 7) is 3.29. The molecule has 1 aromatic rings. The van der Waals surface area contributed by atoms with Gasteiger partial charge in [-0.3, -0.25) is 9.59 Å². The van der Waals surface area contributed by atoms with E-state index in [0.29, 0.717) is 19.6 Å². The van der Waals surface area contributed by atoms with Gasteiger partial charge in [0.15, 0.2) is 5.79 Å². The highest BCUT2D eigenvalue weighted by Gasteiger charge is 2.57. The van der Waals surface area contributed by atoms with Gasteiger partial charge in [0.1, 0.15) is 12.7 Å². The molecule has 2 heterocycles. The van der Waals surface area contributed by atoms with Gasteiger partial charge in [-0.1, -0.05) is 42.0 Å². The van der Waals surface area contributed by atoms with Crippen molar-refractivity contribution in [3.63, 3.8) is 0 Å². The van der Waals surface area contributed by atoms with E-state index in [2.05, 4.69) is 0 Å². The lowest BCUT2D eigenvalue weighted by Crippen LogP contribution is -2.47. The minimum Gasteiger partial charge on any atom is -0.462 e. The second-order valence-electron chi connectivity index (χ2n) is 8.54. The minimum atomic E-state index is -0.595. The number of esters is 2. The summed E-state index contributed by atoms with van der Waals surface area (Å²) in [5, 5.41) is 0. The lowest BCUT2D eigenvalue weighted by Gasteiger charge is -2.44. The van der Waals surface area contributed by atoms with Crippen LogP contribution >= 0.6 is 0 Å². The lowest BCUT2D eigenvalue weighted by molar-refractivity contribution is -0.179. The van der Waals surface area contributed by atoms with Crippen molar-refractivity contribution in [2.75, 3.05) is 13.2 Å². The molecule has 1 saturated carbocycles. The molecule has 0 bridgehead atoms. The second kappa shape index (κ2) is 7.26. The first-order chi connectivity index (χ1) is 14.1. The molecule has 2 aliphatic carbocycles. The Morgan fingerprint density at radius 2 is 1.97 bits per heavy atom. The largest absolute Gasteiger partial charge is 0.462 e. The van der Waals surface area contributed by atoms with Crippen molar-refractivity contribution >= 4 is 11.9 Å². The number of benzene rings is 1. The molecule has 3 fully saturated rings. The van der Waals surface area contributed by atoms with Crippen LogP contribution in [0.4, 0.5) is 0 Å². The molecule has 5 atom stereocenters. The fourth-order valence-electron chi connectivity index (χ4n) is 5.56. The summed E-state index contributed by atoms with van der Waals surface area (Å²) in [5.41, 5.74) is 2.03. The summed E-state index contributed by atoms with van der Waals surface area (Å²) in [6.07, 6.45) is 3.85. The van der Waals surface area contributed by atoms with Crippen LogP contribution in [0.2, 0.25) is 0 Å². The molecule has 6 nitrogen and oxygen atoms in total. The third-order valence-electron chi connectivity index (χ3n) is 6.87. The second-order valence-corrected chi connectivity index (χ2v) is 8.54. The average molecular weight is 398 g/mol. The molecule has 0 N–H and O–H groups in total. The van der Waals surface area contributed by atoms with Crippen LogP contribution in [0, 0.1) is 23.7 Å². The maximum absolute atomic E-state index is 13.3. The monoisotopic (exact) mass is 398 g/mol. The fraction of sp³-hybridized carbons (Fsp3) is 0.565. The van der Waals surface area contributed by atoms with Gasteiger partial charge in [0.05, 0.1) is 25.0 Å². The van der Waals surface area contributed by atoms with Crippen LogP contribution in [-0.4, -0.2) is 37.0 Å². The third-order valence-corrected chi connectivity index (χ3v) is 6.87. The van der Waals surface area contributed by atoms with E-state index >= 15 is 0 Å². The molecule has 4 aliphatic rings. The average Bonchev–Trinajstić information content (AvgIpc) is 3.29. The summed E-state index contributed by atoms with van der Waals surface area (Å²) < 4.78 is 23.0. The van der Waals surface area contributed by atoms with Crippen LogP contribution < -0.4 is 0 Å². The maximum atomic E-state index is 13.3. The predicted molar refractivity (Wildman–Crippen MR) is 102 cm³/mol. The van der Waals surface area contributed by atoms with Gasteiger partial charge in [0.2, 0.25) is 0 Å². The molecular weight excluding hydrogens is 372 g/mol. The Morgan fingerprint density at radius 3 is 2.72 bits per heavy atom. The van der Waals surface area contributed by atoms with E-state index in [1.165, 1.54) is 0 Å². The number of hydrogen-bond acceptors (Lipinski definition) is 6. The van der Waals surface area contributed by atoms with E-state index in [-0.39, 0.29) is 42.4 Å². The molecule has 5 rings (SSSR count). The van der Waals surface area contributed by atoms with Crippen LogP contribution in [0.25, 0.3) is 0 Å². The van der Waals surface area contributed by atoms with Crippen molar-refractivity contribution in [2.45, 2.75) is 44.7 Å². The number of carbonyl (C=O) groups is 2. The van der Waals surface area contributed by atoms with Gasteiger partial charge in [0, 0.05) is 18.8 Å². The van der Waals surface area contributed by atoms with E-state index in [1.54, 1.807) is 0 Å². The highest BCUT2D eigenvalue weighted by molar-refractivity contribution is 5.82. The number of hydrogen-bond donors (Lipinski definition) is 0. The van der Waals surface area contributed by atoms with E-state index in [1.807, 2.05) is 43.3 Å². The molecule has 1 spiro atoms. The maximum Gasteiger partial charge on any atom is 0.313 e. The predicted octanol–water partition coefficient (Wildman–Crippen LogP) is 3.01.